The van der Waals surface area contributed by atoms with E-state index >= 15 is 0 Å². The Kier molecular flexibility index (Phi) is 10.2. The molecule has 0 aliphatic heterocycles. The van der Waals surface area contributed by atoms with E-state index in [1.807, 2.05) is 0 Å². The molecule has 5 heteroatoms. The van der Waals surface area contributed by atoms with Crippen LogP contribution in [0.25, 0.3) is 0 Å². The summed E-state index contributed by atoms with van der Waals surface area (Å²) in [5.74, 6) is 1.76. The maximum Gasteiger partial charge on any atom is 0.191 e. The SMILES string of the molecule is CCNC(=NCCCOCC1CC1)NCCCOC1CCCCC1. The van der Waals surface area contributed by atoms with Crippen molar-refractivity contribution in [2.24, 2.45) is 10.9 Å². The Labute approximate surface area is 148 Å². The Hall–Kier alpha value is -0.810. The van der Waals surface area contributed by atoms with Gasteiger partial charge in [-0.05, 0) is 51.4 Å². The molecular formula is C19H37N3O2. The molecule has 0 saturated heterocycles. The molecule has 0 spiro atoms. The van der Waals surface area contributed by atoms with Crippen molar-refractivity contribution in [2.45, 2.75) is 70.8 Å². The minimum absolute atomic E-state index is 0.510. The molecule has 2 rings (SSSR count). The largest absolute Gasteiger partial charge is 0.381 e. The molecule has 0 heterocycles. The molecular weight excluding hydrogens is 302 g/mol. The van der Waals surface area contributed by atoms with E-state index in [0.717, 1.165) is 64.2 Å². The second-order valence-electron chi connectivity index (χ2n) is 7.04. The summed E-state index contributed by atoms with van der Waals surface area (Å²) in [6, 6.07) is 0. The molecule has 2 aliphatic rings. The lowest BCUT2D eigenvalue weighted by Crippen LogP contribution is -2.38. The van der Waals surface area contributed by atoms with Crippen LogP contribution in [0.2, 0.25) is 0 Å². The number of rotatable bonds is 12. The molecule has 0 aromatic rings. The highest BCUT2D eigenvalue weighted by Gasteiger charge is 2.20. The highest BCUT2D eigenvalue weighted by molar-refractivity contribution is 5.79. The van der Waals surface area contributed by atoms with E-state index in [1.54, 1.807) is 0 Å². The third-order valence-corrected chi connectivity index (χ3v) is 4.63. The normalized spacial score (nSPS) is 19.5. The number of aliphatic imine (C=N–C) groups is 1. The van der Waals surface area contributed by atoms with E-state index in [2.05, 4.69) is 22.5 Å². The number of ether oxygens (including phenoxy) is 2. The van der Waals surface area contributed by atoms with Crippen molar-refractivity contribution < 1.29 is 9.47 Å². The van der Waals surface area contributed by atoms with Crippen LogP contribution in [0.15, 0.2) is 4.99 Å². The minimum Gasteiger partial charge on any atom is -0.381 e. The fourth-order valence-electron chi connectivity index (χ4n) is 2.99. The lowest BCUT2D eigenvalue weighted by atomic mass is 9.98. The summed E-state index contributed by atoms with van der Waals surface area (Å²) in [7, 11) is 0. The maximum absolute atomic E-state index is 5.96. The van der Waals surface area contributed by atoms with Crippen molar-refractivity contribution in [2.75, 3.05) is 39.5 Å². The first-order valence-corrected chi connectivity index (χ1v) is 10.1. The zero-order valence-corrected chi connectivity index (χ0v) is 15.5. The van der Waals surface area contributed by atoms with Crippen molar-refractivity contribution in [1.82, 2.24) is 10.6 Å². The quantitative estimate of drug-likeness (QED) is 0.326. The smallest absolute Gasteiger partial charge is 0.191 e. The number of nitrogens with one attached hydrogen (secondary N) is 2. The minimum atomic E-state index is 0.510. The molecule has 0 radical (unpaired) electrons. The first-order valence-electron chi connectivity index (χ1n) is 10.1. The molecule has 0 aromatic carbocycles. The van der Waals surface area contributed by atoms with Crippen molar-refractivity contribution in [3.8, 4) is 0 Å². The topological polar surface area (TPSA) is 54.9 Å². The van der Waals surface area contributed by atoms with Gasteiger partial charge in [-0.15, -0.1) is 0 Å². The van der Waals surface area contributed by atoms with E-state index in [0.29, 0.717) is 6.10 Å². The van der Waals surface area contributed by atoms with Crippen LogP contribution in [-0.4, -0.2) is 51.5 Å². The molecule has 0 atom stereocenters. The lowest BCUT2D eigenvalue weighted by molar-refractivity contribution is 0.0277. The van der Waals surface area contributed by atoms with Crippen molar-refractivity contribution in [1.29, 1.82) is 0 Å². The first-order chi connectivity index (χ1) is 11.9. The van der Waals surface area contributed by atoms with Crippen LogP contribution in [0.3, 0.4) is 0 Å². The summed E-state index contributed by atoms with van der Waals surface area (Å²) in [5, 5.41) is 6.69. The van der Waals surface area contributed by atoms with Gasteiger partial charge < -0.3 is 20.1 Å². The van der Waals surface area contributed by atoms with Crippen LogP contribution in [0, 0.1) is 5.92 Å². The van der Waals surface area contributed by atoms with Crippen molar-refractivity contribution in [3.63, 3.8) is 0 Å². The van der Waals surface area contributed by atoms with Crippen molar-refractivity contribution in [3.05, 3.63) is 0 Å². The Morgan fingerprint density at radius 2 is 1.83 bits per heavy atom. The fraction of sp³-hybridized carbons (Fsp3) is 0.947. The standard InChI is InChI=1S/C19H37N3O2/c1-2-20-19(21-12-6-14-23-16-17-10-11-17)22-13-7-15-24-18-8-4-3-5-9-18/h17-18H,2-16H2,1H3,(H2,20,21,22). The van der Waals surface area contributed by atoms with Gasteiger partial charge in [-0.25, -0.2) is 0 Å². The summed E-state index contributed by atoms with van der Waals surface area (Å²) in [4.78, 5) is 4.61. The highest BCUT2D eigenvalue weighted by atomic mass is 16.5. The second kappa shape index (κ2) is 12.5. The van der Waals surface area contributed by atoms with Crippen LogP contribution in [0.1, 0.15) is 64.7 Å². The van der Waals surface area contributed by atoms with Crippen LogP contribution < -0.4 is 10.6 Å². The Balaban J connectivity index is 1.46. The van der Waals surface area contributed by atoms with Gasteiger partial charge in [0.2, 0.25) is 0 Å². The van der Waals surface area contributed by atoms with Crippen LogP contribution in [0.4, 0.5) is 0 Å². The van der Waals surface area contributed by atoms with Gasteiger partial charge in [-0.3, -0.25) is 4.99 Å². The fourth-order valence-corrected chi connectivity index (χ4v) is 2.99. The molecule has 24 heavy (non-hydrogen) atoms. The van der Waals surface area contributed by atoms with Gasteiger partial charge in [0.15, 0.2) is 5.96 Å². The van der Waals surface area contributed by atoms with E-state index < -0.39 is 0 Å². The zero-order valence-electron chi connectivity index (χ0n) is 15.5. The highest BCUT2D eigenvalue weighted by Crippen LogP contribution is 2.28. The molecule has 0 unspecified atom stereocenters. The zero-order chi connectivity index (χ0) is 16.9. The van der Waals surface area contributed by atoms with Crippen LogP contribution >= 0.6 is 0 Å². The Morgan fingerprint density at radius 1 is 1.00 bits per heavy atom. The van der Waals surface area contributed by atoms with Gasteiger partial charge in [-0.2, -0.15) is 0 Å². The van der Waals surface area contributed by atoms with Gasteiger partial charge in [0, 0.05) is 39.5 Å². The summed E-state index contributed by atoms with van der Waals surface area (Å²) in [5.41, 5.74) is 0. The predicted molar refractivity (Wildman–Crippen MR) is 99.6 cm³/mol. The molecule has 2 aliphatic carbocycles. The third-order valence-electron chi connectivity index (χ3n) is 4.63. The molecule has 2 saturated carbocycles. The third kappa shape index (κ3) is 9.48. The first kappa shape index (κ1) is 19.5. The van der Waals surface area contributed by atoms with Crippen molar-refractivity contribution >= 4 is 5.96 Å². The maximum atomic E-state index is 5.96. The molecule has 0 aromatic heterocycles. The summed E-state index contributed by atoms with van der Waals surface area (Å²) in [6.07, 6.45) is 11.8. The lowest BCUT2D eigenvalue weighted by Gasteiger charge is -2.22. The predicted octanol–water partition coefficient (Wildman–Crippen LogP) is 3.10. The Bertz CT molecular complexity index is 340. The van der Waals surface area contributed by atoms with E-state index in [-0.39, 0.29) is 0 Å². The molecule has 0 bridgehead atoms. The Morgan fingerprint density at radius 3 is 2.58 bits per heavy atom. The van der Waals surface area contributed by atoms with Crippen LogP contribution in [-0.2, 0) is 9.47 Å². The second-order valence-corrected chi connectivity index (χ2v) is 7.04. The summed E-state index contributed by atoms with van der Waals surface area (Å²) < 4.78 is 11.6. The average Bonchev–Trinajstić information content (AvgIpc) is 3.42. The monoisotopic (exact) mass is 339 g/mol. The van der Waals surface area contributed by atoms with Crippen LogP contribution in [0.5, 0.6) is 0 Å². The molecule has 5 nitrogen and oxygen atoms in total. The van der Waals surface area contributed by atoms with Gasteiger partial charge in [0.25, 0.3) is 0 Å². The van der Waals surface area contributed by atoms with E-state index in [4.69, 9.17) is 9.47 Å². The summed E-state index contributed by atoms with van der Waals surface area (Å²) in [6.45, 7) is 7.35. The van der Waals surface area contributed by atoms with E-state index in [1.165, 1.54) is 44.9 Å². The van der Waals surface area contributed by atoms with Gasteiger partial charge in [0.05, 0.1) is 6.10 Å². The number of hydrogen-bond donors (Lipinski definition) is 2. The van der Waals surface area contributed by atoms with E-state index in [9.17, 15) is 0 Å². The summed E-state index contributed by atoms with van der Waals surface area (Å²) >= 11 is 0. The van der Waals surface area contributed by atoms with Gasteiger partial charge >= 0.3 is 0 Å². The number of hydrogen-bond acceptors (Lipinski definition) is 3. The number of guanidine groups is 1. The molecule has 140 valence electrons. The molecule has 2 N–H and O–H groups in total. The molecule has 0 amide bonds. The number of nitrogens with zero attached hydrogens (tertiary/aromatic N) is 1. The molecule has 2 fully saturated rings. The average molecular weight is 340 g/mol. The van der Waals surface area contributed by atoms with Gasteiger partial charge in [0.1, 0.15) is 0 Å². The van der Waals surface area contributed by atoms with Gasteiger partial charge in [-0.1, -0.05) is 19.3 Å².